The smallest absolute Gasteiger partial charge is 0.167 e. The molecule has 0 amide bonds. The van der Waals surface area contributed by atoms with Gasteiger partial charge >= 0.3 is 0 Å². The lowest BCUT2D eigenvalue weighted by molar-refractivity contribution is -0.241. The van der Waals surface area contributed by atoms with Crippen molar-refractivity contribution in [3.63, 3.8) is 0 Å². The molecule has 0 aromatic heterocycles. The topological polar surface area (TPSA) is 55.8 Å². The van der Waals surface area contributed by atoms with E-state index in [0.717, 1.165) is 51.4 Å². The molecule has 0 heterocycles. The van der Waals surface area contributed by atoms with Crippen LogP contribution in [0.2, 0.25) is 0 Å². The van der Waals surface area contributed by atoms with Gasteiger partial charge in [0.15, 0.2) is 11.6 Å². The molecule has 0 aromatic rings. The van der Waals surface area contributed by atoms with E-state index in [0.29, 0.717) is 42.5 Å². The summed E-state index contributed by atoms with van der Waals surface area (Å²) < 4.78 is 12.6. The quantitative estimate of drug-likeness (QED) is 0.653. The number of carbonyl (C=O) groups excluding carboxylic acids is 1. The molecule has 30 heavy (non-hydrogen) atoms. The van der Waals surface area contributed by atoms with Gasteiger partial charge < -0.3 is 14.6 Å². The van der Waals surface area contributed by atoms with Crippen molar-refractivity contribution in [1.82, 2.24) is 0 Å². The van der Waals surface area contributed by atoms with Crippen molar-refractivity contribution in [3.8, 4) is 0 Å². The van der Waals surface area contributed by atoms with Gasteiger partial charge in [-0.15, -0.1) is 0 Å². The molecule has 5 rings (SSSR count). The number of methoxy groups -OCH3 is 1. The van der Waals surface area contributed by atoms with Gasteiger partial charge in [-0.25, -0.2) is 0 Å². The van der Waals surface area contributed by atoms with Crippen LogP contribution in [0.3, 0.4) is 0 Å². The Bertz CT molecular complexity index is 723. The second-order valence-electron chi connectivity index (χ2n) is 11.5. The van der Waals surface area contributed by atoms with E-state index in [9.17, 15) is 9.90 Å². The first-order chi connectivity index (χ1) is 14.3. The molecule has 0 spiro atoms. The Morgan fingerprint density at radius 1 is 1.10 bits per heavy atom. The third-order valence-electron chi connectivity index (χ3n) is 10.3. The number of rotatable bonds is 4. The van der Waals surface area contributed by atoms with Crippen molar-refractivity contribution in [2.45, 2.75) is 96.4 Å². The van der Waals surface area contributed by atoms with E-state index in [4.69, 9.17) is 9.47 Å². The molecule has 0 saturated heterocycles. The summed E-state index contributed by atoms with van der Waals surface area (Å²) in [7, 11) is 1.79. The Kier molecular flexibility index (Phi) is 5.23. The second kappa shape index (κ2) is 7.42. The molecule has 0 aromatic carbocycles. The van der Waals surface area contributed by atoms with Gasteiger partial charge in [-0.1, -0.05) is 19.4 Å². The second-order valence-corrected chi connectivity index (χ2v) is 11.5. The lowest BCUT2D eigenvalue weighted by Crippen LogP contribution is -2.56. The molecule has 4 saturated carbocycles. The zero-order chi connectivity index (χ0) is 21.1. The Morgan fingerprint density at radius 2 is 1.87 bits per heavy atom. The monoisotopic (exact) mass is 416 g/mol. The van der Waals surface area contributed by atoms with Crippen molar-refractivity contribution in [2.24, 2.45) is 34.5 Å². The first-order valence-electron chi connectivity index (χ1n) is 12.4. The van der Waals surface area contributed by atoms with Gasteiger partial charge in [0.1, 0.15) is 0 Å². The number of hydrogen-bond acceptors (Lipinski definition) is 4. The molecule has 1 N–H and O–H groups in total. The minimum atomic E-state index is -0.424. The maximum absolute atomic E-state index is 12.4. The fourth-order valence-electron chi connectivity index (χ4n) is 8.54. The molecule has 0 radical (unpaired) electrons. The van der Waals surface area contributed by atoms with E-state index in [-0.39, 0.29) is 16.9 Å². The fraction of sp³-hybridized carbons (Fsp3) is 0.885. The normalized spacial score (nSPS) is 47.4. The molecule has 5 aliphatic rings. The van der Waals surface area contributed by atoms with Gasteiger partial charge in [-0.05, 0) is 86.5 Å². The van der Waals surface area contributed by atoms with Crippen molar-refractivity contribution in [2.75, 3.05) is 13.7 Å². The number of aliphatic hydroxyl groups is 1. The molecule has 7 atom stereocenters. The third-order valence-corrected chi connectivity index (χ3v) is 10.3. The van der Waals surface area contributed by atoms with Crippen LogP contribution in [-0.4, -0.2) is 36.5 Å². The summed E-state index contributed by atoms with van der Waals surface area (Å²) in [6, 6.07) is 0. The molecule has 0 bridgehead atoms. The molecular formula is C26H40O4. The summed E-state index contributed by atoms with van der Waals surface area (Å²) in [6.45, 7) is 5.43. The minimum Gasteiger partial charge on any atom is -0.393 e. The first kappa shape index (κ1) is 21.2. The number of hydrogen-bond donors (Lipinski definition) is 1. The lowest BCUT2D eigenvalue weighted by Gasteiger charge is -2.60. The van der Waals surface area contributed by atoms with Crippen LogP contribution in [0.25, 0.3) is 0 Å². The van der Waals surface area contributed by atoms with E-state index >= 15 is 0 Å². The average molecular weight is 417 g/mol. The van der Waals surface area contributed by atoms with Crippen LogP contribution in [0.4, 0.5) is 0 Å². The van der Waals surface area contributed by atoms with Crippen LogP contribution in [0.5, 0.6) is 0 Å². The average Bonchev–Trinajstić information content (AvgIpc) is 3.32. The van der Waals surface area contributed by atoms with Gasteiger partial charge in [0.05, 0.1) is 12.7 Å². The number of ether oxygens (including phenoxy) is 2. The van der Waals surface area contributed by atoms with Gasteiger partial charge in [-0.3, -0.25) is 4.79 Å². The summed E-state index contributed by atoms with van der Waals surface area (Å²) in [5.74, 6) is 2.21. The van der Waals surface area contributed by atoms with Crippen LogP contribution < -0.4 is 0 Å². The molecule has 168 valence electrons. The van der Waals surface area contributed by atoms with E-state index in [1.54, 1.807) is 7.11 Å². The summed E-state index contributed by atoms with van der Waals surface area (Å²) in [5, 5.41) is 10.8. The Labute approximate surface area is 181 Å². The summed E-state index contributed by atoms with van der Waals surface area (Å²) in [6.07, 6.45) is 13.1. The Balaban J connectivity index is 1.50. The maximum atomic E-state index is 12.4. The van der Waals surface area contributed by atoms with Crippen molar-refractivity contribution >= 4 is 5.78 Å². The van der Waals surface area contributed by atoms with Gasteiger partial charge in [0.2, 0.25) is 0 Å². The van der Waals surface area contributed by atoms with E-state index in [1.807, 2.05) is 6.08 Å². The van der Waals surface area contributed by atoms with E-state index in [1.165, 1.54) is 18.4 Å². The van der Waals surface area contributed by atoms with Crippen molar-refractivity contribution in [3.05, 3.63) is 11.6 Å². The summed E-state index contributed by atoms with van der Waals surface area (Å²) >= 11 is 0. The van der Waals surface area contributed by atoms with Crippen LogP contribution in [0.15, 0.2) is 11.6 Å². The summed E-state index contributed by atoms with van der Waals surface area (Å²) in [5.41, 5.74) is 1.41. The number of carbonyl (C=O) groups is 1. The van der Waals surface area contributed by atoms with Crippen molar-refractivity contribution < 1.29 is 19.4 Å². The SMILES string of the molecule is COC1(OC[C@]23CCC(=O)C=C2C[C@@H](C)[C@@H]2[C@@H]3CC[C@]3(C)[C@@H](O)CC[C@@H]23)CCCC1. The number of fused-ring (bicyclic) bond motifs is 5. The molecule has 5 aliphatic carbocycles. The van der Waals surface area contributed by atoms with Crippen LogP contribution >= 0.6 is 0 Å². The Hall–Kier alpha value is -0.710. The van der Waals surface area contributed by atoms with Crippen LogP contribution in [0.1, 0.15) is 84.5 Å². The largest absolute Gasteiger partial charge is 0.393 e. The third kappa shape index (κ3) is 3.00. The Morgan fingerprint density at radius 3 is 2.60 bits per heavy atom. The molecule has 0 unspecified atom stereocenters. The zero-order valence-electron chi connectivity index (χ0n) is 19.1. The fourth-order valence-corrected chi connectivity index (χ4v) is 8.54. The molecule has 4 fully saturated rings. The van der Waals surface area contributed by atoms with Gasteiger partial charge in [-0.2, -0.15) is 0 Å². The molecule has 0 aliphatic heterocycles. The highest BCUT2D eigenvalue weighted by Gasteiger charge is 2.62. The molecule has 4 nitrogen and oxygen atoms in total. The molecule has 4 heteroatoms. The standard InChI is InChI=1S/C26H40O4/c1-17-14-18-15-19(27)8-13-25(18,16-30-26(29-3)10-4-5-11-26)21-9-12-24(2)20(23(17)21)6-7-22(24)28/h15,17,20-23,28H,4-14,16H2,1-3H3/t17-,20+,21+,22+,23+,24+,25-/m1/s1. The highest BCUT2D eigenvalue weighted by molar-refractivity contribution is 5.91. The predicted octanol–water partition coefficient (Wildman–Crippen LogP) is 5.04. The van der Waals surface area contributed by atoms with Gasteiger partial charge in [0, 0.05) is 31.8 Å². The maximum Gasteiger partial charge on any atom is 0.167 e. The lowest BCUT2D eigenvalue weighted by atomic mass is 9.45. The minimum absolute atomic E-state index is 0.0198. The van der Waals surface area contributed by atoms with E-state index in [2.05, 4.69) is 13.8 Å². The first-order valence-corrected chi connectivity index (χ1v) is 12.4. The van der Waals surface area contributed by atoms with Crippen molar-refractivity contribution in [1.29, 1.82) is 0 Å². The summed E-state index contributed by atoms with van der Waals surface area (Å²) in [4.78, 5) is 12.4. The zero-order valence-corrected chi connectivity index (χ0v) is 19.1. The van der Waals surface area contributed by atoms with Gasteiger partial charge in [0.25, 0.3) is 0 Å². The van der Waals surface area contributed by atoms with E-state index < -0.39 is 5.79 Å². The predicted molar refractivity (Wildman–Crippen MR) is 116 cm³/mol. The highest BCUT2D eigenvalue weighted by atomic mass is 16.7. The highest BCUT2D eigenvalue weighted by Crippen LogP contribution is 2.66. The number of ketones is 1. The van der Waals surface area contributed by atoms with Crippen LogP contribution in [-0.2, 0) is 14.3 Å². The van der Waals surface area contributed by atoms with Crippen LogP contribution in [0, 0.1) is 34.5 Å². The molecular weight excluding hydrogens is 376 g/mol. The number of aliphatic hydroxyl groups excluding tert-OH is 1.